The van der Waals surface area contributed by atoms with Crippen LogP contribution >= 0.6 is 0 Å². The standard InChI is InChI=1S/Be.K.H2O4S/c;;1-5(2,3)4/h;;(H2,1,2,3,4)/q+2;+1;/p-2. The van der Waals surface area contributed by atoms with Gasteiger partial charge in [0.2, 0.25) is 0 Å². The van der Waals surface area contributed by atoms with Crippen molar-refractivity contribution in [3.05, 3.63) is 0 Å². The summed E-state index contributed by atoms with van der Waals surface area (Å²) in [6.07, 6.45) is 0. The summed E-state index contributed by atoms with van der Waals surface area (Å²) >= 11 is 0. The Morgan fingerprint density at radius 2 is 1.14 bits per heavy atom. The molecule has 4 nitrogen and oxygen atoms in total. The van der Waals surface area contributed by atoms with Crippen LogP contribution < -0.4 is 51.4 Å². The van der Waals surface area contributed by atoms with Crippen molar-refractivity contribution in [2.75, 3.05) is 0 Å². The van der Waals surface area contributed by atoms with Crippen molar-refractivity contribution >= 4 is 20.5 Å². The molecule has 7 heavy (non-hydrogen) atoms. The first-order valence-corrected chi connectivity index (χ1v) is 2.00. The van der Waals surface area contributed by atoms with Gasteiger partial charge in [-0.15, -0.1) is 0 Å². The van der Waals surface area contributed by atoms with E-state index >= 15 is 0 Å². The topological polar surface area (TPSA) is 80.3 Å². The third-order valence-corrected chi connectivity index (χ3v) is 0. The average Bonchev–Trinajstić information content (AvgIpc) is 0.722. The van der Waals surface area contributed by atoms with Crippen LogP contribution in [0.25, 0.3) is 0 Å². The summed E-state index contributed by atoms with van der Waals surface area (Å²) in [5.41, 5.74) is 0. The van der Waals surface area contributed by atoms with Crippen LogP contribution in [0.15, 0.2) is 0 Å². The van der Waals surface area contributed by atoms with E-state index in [9.17, 15) is 0 Å². The van der Waals surface area contributed by atoms with Gasteiger partial charge in [0.1, 0.15) is 0 Å². The van der Waals surface area contributed by atoms with Crippen LogP contribution in [0.1, 0.15) is 0 Å². The Bertz CT molecular complexity index is 94.9. The Balaban J connectivity index is -0.0000000800. The second kappa shape index (κ2) is 5.81. The van der Waals surface area contributed by atoms with E-state index in [-0.39, 0.29) is 61.5 Å². The molecule has 0 aromatic carbocycles. The third-order valence-electron chi connectivity index (χ3n) is 0. The van der Waals surface area contributed by atoms with Crippen LogP contribution in [0.3, 0.4) is 0 Å². The molecule has 0 atom stereocenters. The molecule has 0 saturated heterocycles. The van der Waals surface area contributed by atoms with Crippen molar-refractivity contribution in [2.24, 2.45) is 0 Å². The van der Waals surface area contributed by atoms with E-state index in [4.69, 9.17) is 17.5 Å². The predicted molar refractivity (Wildman–Crippen MR) is 16.2 cm³/mol. The first-order valence-electron chi connectivity index (χ1n) is 0.667. The van der Waals surface area contributed by atoms with Crippen molar-refractivity contribution in [3.8, 4) is 0 Å². The SMILES string of the molecule is O=S(=O)([O-])[O-].[Be+2].[K+]. The van der Waals surface area contributed by atoms with E-state index in [0.717, 1.165) is 0 Å². The molecule has 32 valence electrons. The zero-order valence-electron chi connectivity index (χ0n) is 3.75. The van der Waals surface area contributed by atoms with E-state index in [0.29, 0.717) is 0 Å². The maximum atomic E-state index is 8.52. The van der Waals surface area contributed by atoms with Crippen molar-refractivity contribution in [2.45, 2.75) is 0 Å². The second-order valence-corrected chi connectivity index (χ2v) is 1.22. The Hall–Kier alpha value is 1.68. The van der Waals surface area contributed by atoms with Crippen LogP contribution in [-0.4, -0.2) is 27.6 Å². The largest absolute Gasteiger partial charge is 2.00 e. The fraction of sp³-hybridized carbons (Fsp3) is 0. The molecule has 0 heterocycles. The minimum Gasteiger partial charge on any atom is -0.759 e. The Kier molecular flexibility index (Phi) is 13.2. The maximum Gasteiger partial charge on any atom is 2.00 e. The average molecular weight is 144 g/mol. The van der Waals surface area contributed by atoms with Gasteiger partial charge in [0, 0.05) is 10.4 Å². The van der Waals surface area contributed by atoms with Crippen LogP contribution in [0.5, 0.6) is 0 Å². The van der Waals surface area contributed by atoms with Gasteiger partial charge in [0.15, 0.2) is 0 Å². The maximum absolute atomic E-state index is 8.52. The molecule has 0 saturated carbocycles. The summed E-state index contributed by atoms with van der Waals surface area (Å²) in [6.45, 7) is 0. The molecule has 0 aromatic heterocycles. The molecule has 0 radical (unpaired) electrons. The zero-order chi connectivity index (χ0) is 4.50. The Morgan fingerprint density at radius 1 is 1.14 bits per heavy atom. The Morgan fingerprint density at radius 3 is 1.14 bits per heavy atom. The van der Waals surface area contributed by atoms with Gasteiger partial charge in [-0.25, -0.2) is 0 Å². The molecule has 0 aliphatic rings. The number of rotatable bonds is 0. The van der Waals surface area contributed by atoms with Gasteiger partial charge in [-0.05, 0) is 0 Å². The normalized spacial score (nSPS) is 8.29. The summed E-state index contributed by atoms with van der Waals surface area (Å²) in [7, 11) is -5.17. The molecule has 0 spiro atoms. The molecule has 0 unspecified atom stereocenters. The predicted octanol–water partition coefficient (Wildman–Crippen LogP) is -4.71. The van der Waals surface area contributed by atoms with E-state index in [1.54, 1.807) is 0 Å². The molecular weight excluding hydrogens is 144 g/mol. The van der Waals surface area contributed by atoms with E-state index in [1.165, 1.54) is 0 Å². The van der Waals surface area contributed by atoms with Gasteiger partial charge in [0.25, 0.3) is 0 Å². The summed E-state index contributed by atoms with van der Waals surface area (Å²) in [6, 6.07) is 0. The first-order chi connectivity index (χ1) is 2.00. The van der Waals surface area contributed by atoms with Gasteiger partial charge in [-0.1, -0.05) is 0 Å². The third kappa shape index (κ3) is 88.1. The van der Waals surface area contributed by atoms with Crippen LogP contribution in [0.4, 0.5) is 0 Å². The summed E-state index contributed by atoms with van der Waals surface area (Å²) < 4.78 is 34.1. The molecular formula is BeKO4S+. The Labute approximate surface area is 87.9 Å². The van der Waals surface area contributed by atoms with Crippen molar-refractivity contribution in [1.29, 1.82) is 0 Å². The minimum atomic E-state index is -5.17. The second-order valence-electron chi connectivity index (χ2n) is 0.408. The molecule has 0 bridgehead atoms. The van der Waals surface area contributed by atoms with Crippen LogP contribution in [-0.2, 0) is 10.4 Å². The molecule has 7 heteroatoms. The smallest absolute Gasteiger partial charge is 0.759 e. The molecule has 0 fully saturated rings. The van der Waals surface area contributed by atoms with Crippen molar-refractivity contribution in [3.63, 3.8) is 0 Å². The van der Waals surface area contributed by atoms with Crippen molar-refractivity contribution in [1.82, 2.24) is 0 Å². The molecule has 0 aliphatic heterocycles. The first kappa shape index (κ1) is 15.9. The van der Waals surface area contributed by atoms with Gasteiger partial charge in [0.05, 0.1) is 0 Å². The van der Waals surface area contributed by atoms with Gasteiger partial charge in [-0.3, -0.25) is 8.42 Å². The molecule has 0 N–H and O–H groups in total. The van der Waals surface area contributed by atoms with Gasteiger partial charge in [-0.2, -0.15) is 0 Å². The summed E-state index contributed by atoms with van der Waals surface area (Å²) in [5.74, 6) is 0. The minimum absolute atomic E-state index is 0. The molecule has 0 aromatic rings. The summed E-state index contributed by atoms with van der Waals surface area (Å²) in [5, 5.41) is 0. The fourth-order valence-electron chi connectivity index (χ4n) is 0. The van der Waals surface area contributed by atoms with Gasteiger partial charge >= 0.3 is 61.5 Å². The summed E-state index contributed by atoms with van der Waals surface area (Å²) in [4.78, 5) is 0. The van der Waals surface area contributed by atoms with E-state index in [1.807, 2.05) is 0 Å². The van der Waals surface area contributed by atoms with E-state index in [2.05, 4.69) is 0 Å². The van der Waals surface area contributed by atoms with E-state index < -0.39 is 10.4 Å². The zero-order valence-corrected chi connectivity index (χ0v) is 7.69. The van der Waals surface area contributed by atoms with Crippen LogP contribution in [0, 0.1) is 0 Å². The molecule has 0 aliphatic carbocycles. The van der Waals surface area contributed by atoms with Crippen LogP contribution in [0.2, 0.25) is 0 Å². The number of hydrogen-bond acceptors (Lipinski definition) is 4. The molecule has 0 rings (SSSR count). The molecule has 0 amide bonds. The monoisotopic (exact) mass is 144 g/mol. The van der Waals surface area contributed by atoms with Gasteiger partial charge < -0.3 is 9.11 Å². The quantitative estimate of drug-likeness (QED) is 0.194. The fourth-order valence-corrected chi connectivity index (χ4v) is 0. The van der Waals surface area contributed by atoms with Crippen molar-refractivity contribution < 1.29 is 68.9 Å². The number of hydrogen-bond donors (Lipinski definition) is 0.